The largest absolute Gasteiger partial charge is 0.453 e. The third-order valence-corrected chi connectivity index (χ3v) is 3.73. The molecule has 0 saturated carbocycles. The lowest BCUT2D eigenvalue weighted by Gasteiger charge is -2.11. The second kappa shape index (κ2) is 7.86. The lowest BCUT2D eigenvalue weighted by atomic mass is 10.1. The van der Waals surface area contributed by atoms with Crippen molar-refractivity contribution in [2.24, 2.45) is 0 Å². The lowest BCUT2D eigenvalue weighted by Crippen LogP contribution is -1.97. The van der Waals surface area contributed by atoms with Crippen molar-refractivity contribution in [2.75, 3.05) is 0 Å². The lowest BCUT2D eigenvalue weighted by molar-refractivity contribution is -0.387. The normalized spacial score (nSPS) is 10.2. The number of ether oxygens (including phenoxy) is 1. The van der Waals surface area contributed by atoms with Crippen LogP contribution in [0.5, 0.6) is 11.5 Å². The predicted octanol–water partition coefficient (Wildman–Crippen LogP) is 5.86. The number of aryl methyl sites for hydroxylation is 2. The Bertz CT molecular complexity index is 975. The van der Waals surface area contributed by atoms with Crippen LogP contribution in [0.25, 0.3) is 10.9 Å². The summed E-state index contributed by atoms with van der Waals surface area (Å²) in [4.78, 5) is 13.9. The van der Waals surface area contributed by atoms with Gasteiger partial charge in [-0.1, -0.05) is 13.8 Å². The van der Waals surface area contributed by atoms with E-state index in [0.29, 0.717) is 23.0 Å². The van der Waals surface area contributed by atoms with E-state index in [2.05, 4.69) is 4.98 Å². The van der Waals surface area contributed by atoms with E-state index >= 15 is 0 Å². The molecule has 0 unspecified atom stereocenters. The molecule has 1 aromatic heterocycles. The summed E-state index contributed by atoms with van der Waals surface area (Å²) in [6.45, 7) is 7.85. The fourth-order valence-corrected chi connectivity index (χ4v) is 2.32. The van der Waals surface area contributed by atoms with E-state index < -0.39 is 28.0 Å². The molecule has 2 aromatic carbocycles. The van der Waals surface area contributed by atoms with E-state index in [4.69, 9.17) is 4.74 Å². The van der Waals surface area contributed by atoms with Crippen LogP contribution in [0.4, 0.5) is 14.5 Å². The maximum Gasteiger partial charge on any atom is 0.307 e. The average molecular weight is 360 g/mol. The summed E-state index contributed by atoms with van der Waals surface area (Å²) in [7, 11) is 0. The number of hydrogen-bond donors (Lipinski definition) is 0. The summed E-state index contributed by atoms with van der Waals surface area (Å²) in [5.41, 5.74) is 1.75. The van der Waals surface area contributed by atoms with Gasteiger partial charge in [-0.3, -0.25) is 15.1 Å². The van der Waals surface area contributed by atoms with Crippen LogP contribution in [0.15, 0.2) is 36.5 Å². The average Bonchev–Trinajstić information content (AvgIpc) is 2.61. The first kappa shape index (κ1) is 19.2. The molecule has 0 amide bonds. The third-order valence-electron chi connectivity index (χ3n) is 3.73. The number of nitro groups is 1. The minimum absolute atomic E-state index is 0.287. The van der Waals surface area contributed by atoms with Gasteiger partial charge < -0.3 is 4.74 Å². The Labute approximate surface area is 149 Å². The molecule has 136 valence electrons. The zero-order valence-corrected chi connectivity index (χ0v) is 14.8. The minimum Gasteiger partial charge on any atom is -0.453 e. The first-order chi connectivity index (χ1) is 12.4. The molecule has 0 bridgehead atoms. The topological polar surface area (TPSA) is 65.3 Å². The molecule has 0 N–H and O–H groups in total. The molecule has 5 nitrogen and oxygen atoms in total. The Hall–Kier alpha value is -3.09. The zero-order chi connectivity index (χ0) is 19.4. The Morgan fingerprint density at radius 2 is 1.65 bits per heavy atom. The number of halogens is 2. The highest BCUT2D eigenvalue weighted by atomic mass is 19.1. The smallest absolute Gasteiger partial charge is 0.307 e. The molecular weight excluding hydrogens is 342 g/mol. The second-order valence-corrected chi connectivity index (χ2v) is 5.36. The Morgan fingerprint density at radius 1 is 1.00 bits per heavy atom. The van der Waals surface area contributed by atoms with Crippen molar-refractivity contribution in [3.8, 4) is 11.5 Å². The molecular formula is C19H18F2N2O3. The van der Waals surface area contributed by atoms with Gasteiger partial charge in [0.15, 0.2) is 11.6 Å². The summed E-state index contributed by atoms with van der Waals surface area (Å²) < 4.78 is 33.2. The quantitative estimate of drug-likeness (QED) is 0.434. The maximum absolute atomic E-state index is 14.0. The van der Waals surface area contributed by atoms with Gasteiger partial charge >= 0.3 is 5.69 Å². The van der Waals surface area contributed by atoms with Crippen LogP contribution in [0, 0.1) is 35.6 Å². The molecule has 1 heterocycles. The van der Waals surface area contributed by atoms with Crippen molar-refractivity contribution < 1.29 is 18.4 Å². The molecule has 0 atom stereocenters. The molecule has 0 aliphatic heterocycles. The van der Waals surface area contributed by atoms with E-state index in [1.54, 1.807) is 0 Å². The molecule has 0 aliphatic rings. The Balaban J connectivity index is 0.00000117. The first-order valence-electron chi connectivity index (χ1n) is 8.04. The molecule has 26 heavy (non-hydrogen) atoms. The SMILES string of the molecule is CC.Cc1cc2nccc(Oc3cc(F)c([N+](=O)[O-])cc3F)c2cc1C. The van der Waals surface area contributed by atoms with Gasteiger partial charge in [0.2, 0.25) is 5.82 Å². The maximum atomic E-state index is 14.0. The minimum atomic E-state index is -1.17. The van der Waals surface area contributed by atoms with Gasteiger partial charge in [-0.2, -0.15) is 4.39 Å². The number of nitro benzene ring substituents is 1. The summed E-state index contributed by atoms with van der Waals surface area (Å²) in [5, 5.41) is 11.3. The van der Waals surface area contributed by atoms with Crippen molar-refractivity contribution in [1.29, 1.82) is 0 Å². The molecule has 0 fully saturated rings. The predicted molar refractivity (Wildman–Crippen MR) is 95.7 cm³/mol. The monoisotopic (exact) mass is 360 g/mol. The van der Waals surface area contributed by atoms with Gasteiger partial charge in [-0.15, -0.1) is 0 Å². The van der Waals surface area contributed by atoms with E-state index in [-0.39, 0.29) is 5.75 Å². The molecule has 0 saturated heterocycles. The summed E-state index contributed by atoms with van der Waals surface area (Å²) in [5.74, 6) is -2.32. The summed E-state index contributed by atoms with van der Waals surface area (Å²) in [6.07, 6.45) is 1.49. The van der Waals surface area contributed by atoms with Crippen molar-refractivity contribution in [2.45, 2.75) is 27.7 Å². The fourth-order valence-electron chi connectivity index (χ4n) is 2.32. The molecule has 3 aromatic rings. The molecule has 7 heteroatoms. The van der Waals surface area contributed by atoms with Gasteiger partial charge in [0.05, 0.1) is 16.5 Å². The van der Waals surface area contributed by atoms with Crippen molar-refractivity contribution in [1.82, 2.24) is 4.98 Å². The first-order valence-corrected chi connectivity index (χ1v) is 8.04. The standard InChI is InChI=1S/C17H12F2N2O3.C2H6/c1-9-5-11-14(6-10(9)2)20-4-3-16(11)24-17-8-12(18)15(21(22)23)7-13(17)19;1-2/h3-8H,1-2H3;1-2H3. The van der Waals surface area contributed by atoms with E-state index in [1.165, 1.54) is 12.3 Å². The Morgan fingerprint density at radius 3 is 2.31 bits per heavy atom. The van der Waals surface area contributed by atoms with Crippen molar-refractivity contribution >= 4 is 16.6 Å². The number of fused-ring (bicyclic) bond motifs is 1. The molecule has 0 aliphatic carbocycles. The van der Waals surface area contributed by atoms with Gasteiger partial charge in [0, 0.05) is 17.6 Å². The van der Waals surface area contributed by atoms with Crippen LogP contribution in [-0.4, -0.2) is 9.91 Å². The molecule has 0 radical (unpaired) electrons. The van der Waals surface area contributed by atoms with Crippen LogP contribution in [0.2, 0.25) is 0 Å². The number of benzene rings is 2. The number of aromatic nitrogens is 1. The molecule has 0 spiro atoms. The highest BCUT2D eigenvalue weighted by molar-refractivity contribution is 5.86. The van der Waals surface area contributed by atoms with Crippen molar-refractivity contribution in [3.63, 3.8) is 0 Å². The van der Waals surface area contributed by atoms with E-state index in [0.717, 1.165) is 11.1 Å². The van der Waals surface area contributed by atoms with Gasteiger partial charge in [0.1, 0.15) is 5.75 Å². The van der Waals surface area contributed by atoms with E-state index in [1.807, 2.05) is 39.8 Å². The van der Waals surface area contributed by atoms with Crippen LogP contribution < -0.4 is 4.74 Å². The number of pyridine rings is 1. The third kappa shape index (κ3) is 3.77. The number of rotatable bonds is 3. The number of hydrogen-bond acceptors (Lipinski definition) is 4. The number of nitrogens with zero attached hydrogens (tertiary/aromatic N) is 2. The fraction of sp³-hybridized carbons (Fsp3) is 0.211. The second-order valence-electron chi connectivity index (χ2n) is 5.36. The zero-order valence-electron chi connectivity index (χ0n) is 14.8. The van der Waals surface area contributed by atoms with Gasteiger partial charge in [-0.05, 0) is 43.2 Å². The van der Waals surface area contributed by atoms with Crippen LogP contribution in [0.3, 0.4) is 0 Å². The Kier molecular flexibility index (Phi) is 5.82. The van der Waals surface area contributed by atoms with Crippen LogP contribution >= 0.6 is 0 Å². The highest BCUT2D eigenvalue weighted by Gasteiger charge is 2.20. The van der Waals surface area contributed by atoms with Crippen LogP contribution in [-0.2, 0) is 0 Å². The van der Waals surface area contributed by atoms with Gasteiger partial charge in [0.25, 0.3) is 0 Å². The van der Waals surface area contributed by atoms with Gasteiger partial charge in [-0.25, -0.2) is 4.39 Å². The summed E-state index contributed by atoms with van der Waals surface area (Å²) >= 11 is 0. The molecule has 3 rings (SSSR count). The van der Waals surface area contributed by atoms with Crippen molar-refractivity contribution in [3.05, 3.63) is 69.4 Å². The summed E-state index contributed by atoms with van der Waals surface area (Å²) in [6, 6.07) is 6.40. The highest BCUT2D eigenvalue weighted by Crippen LogP contribution is 2.34. The van der Waals surface area contributed by atoms with Crippen LogP contribution in [0.1, 0.15) is 25.0 Å². The van der Waals surface area contributed by atoms with E-state index in [9.17, 15) is 18.9 Å².